The third-order valence-electron chi connectivity index (χ3n) is 2.02. The number of allylic oxidation sites excluding steroid dienone is 5. The van der Waals surface area contributed by atoms with Crippen LogP contribution >= 0.6 is 12.6 Å². The van der Waals surface area contributed by atoms with Crippen molar-refractivity contribution in [1.82, 2.24) is 0 Å². The van der Waals surface area contributed by atoms with Crippen molar-refractivity contribution in [2.24, 2.45) is 0 Å². The molecule has 0 amide bonds. The molecule has 0 radical (unpaired) electrons. The number of rotatable bonds is 3. The number of halogens is 1. The molecule has 0 bridgehead atoms. The number of hydrogen-bond acceptors (Lipinski definition) is 1. The summed E-state index contributed by atoms with van der Waals surface area (Å²) in [5.41, 5.74) is 2.18. The lowest BCUT2D eigenvalue weighted by Gasteiger charge is -1.92. The maximum absolute atomic E-state index is 12.3. The molecule has 0 saturated heterocycles. The van der Waals surface area contributed by atoms with Crippen LogP contribution < -0.4 is 0 Å². The zero-order valence-corrected chi connectivity index (χ0v) is 11.3. The Morgan fingerprint density at radius 1 is 1.47 bits per heavy atom. The average Bonchev–Trinajstić information content (AvgIpc) is 2.36. The van der Waals surface area contributed by atoms with Crippen LogP contribution in [-0.2, 0) is 5.75 Å². The first-order chi connectivity index (χ1) is 8.13. The van der Waals surface area contributed by atoms with Gasteiger partial charge >= 0.3 is 0 Å². The van der Waals surface area contributed by atoms with E-state index < -0.39 is 0 Å². The Morgan fingerprint density at radius 3 is 2.59 bits per heavy atom. The summed E-state index contributed by atoms with van der Waals surface area (Å²) in [6.07, 6.45) is 7.77. The Bertz CT molecular complexity index is 392. The molecular formula is C15H19FS. The molecule has 0 N–H and O–H groups in total. The lowest BCUT2D eigenvalue weighted by atomic mass is 10.2. The molecule has 0 unspecified atom stereocenters. The highest BCUT2D eigenvalue weighted by atomic mass is 32.1. The minimum atomic E-state index is -0.193. The van der Waals surface area contributed by atoms with Crippen LogP contribution in [-0.4, -0.2) is 0 Å². The van der Waals surface area contributed by atoms with E-state index in [1.807, 2.05) is 25.1 Å². The van der Waals surface area contributed by atoms with E-state index in [1.165, 1.54) is 17.7 Å². The Kier molecular flexibility index (Phi) is 9.17. The summed E-state index contributed by atoms with van der Waals surface area (Å²) in [5, 5.41) is 0. The van der Waals surface area contributed by atoms with Gasteiger partial charge in [0.05, 0.1) is 0 Å². The second-order valence-corrected chi connectivity index (χ2v) is 3.73. The minimum absolute atomic E-state index is 0.193. The van der Waals surface area contributed by atoms with Gasteiger partial charge in [-0.05, 0) is 31.5 Å². The topological polar surface area (TPSA) is 0 Å². The average molecular weight is 250 g/mol. The molecule has 0 aromatic heterocycles. The smallest absolute Gasteiger partial charge is 0.123 e. The van der Waals surface area contributed by atoms with Crippen LogP contribution in [0.4, 0.5) is 4.39 Å². The van der Waals surface area contributed by atoms with Crippen molar-refractivity contribution in [2.45, 2.75) is 19.6 Å². The van der Waals surface area contributed by atoms with E-state index in [-0.39, 0.29) is 5.82 Å². The summed E-state index contributed by atoms with van der Waals surface area (Å²) in [7, 11) is 0. The molecular weight excluding hydrogens is 231 g/mol. The normalized spacial score (nSPS) is 10.9. The molecule has 1 aromatic rings. The zero-order valence-electron chi connectivity index (χ0n) is 10.4. The van der Waals surface area contributed by atoms with E-state index in [4.69, 9.17) is 0 Å². The van der Waals surface area contributed by atoms with Crippen molar-refractivity contribution in [3.8, 4) is 0 Å². The second kappa shape index (κ2) is 9.91. The van der Waals surface area contributed by atoms with E-state index >= 15 is 0 Å². The number of benzene rings is 1. The highest BCUT2D eigenvalue weighted by molar-refractivity contribution is 7.79. The van der Waals surface area contributed by atoms with E-state index in [1.54, 1.807) is 12.1 Å². The monoisotopic (exact) mass is 250 g/mol. The second-order valence-electron chi connectivity index (χ2n) is 3.42. The molecule has 17 heavy (non-hydrogen) atoms. The minimum Gasteiger partial charge on any atom is -0.207 e. The van der Waals surface area contributed by atoms with Gasteiger partial charge in [0.15, 0.2) is 0 Å². The van der Waals surface area contributed by atoms with Crippen molar-refractivity contribution < 1.29 is 4.39 Å². The summed E-state index contributed by atoms with van der Waals surface area (Å²) >= 11 is 3.99. The maximum atomic E-state index is 12.3. The largest absolute Gasteiger partial charge is 0.207 e. The molecule has 0 nitrogen and oxygen atoms in total. The van der Waals surface area contributed by atoms with Gasteiger partial charge in [0.1, 0.15) is 5.82 Å². The van der Waals surface area contributed by atoms with E-state index in [2.05, 4.69) is 32.2 Å². The first-order valence-corrected chi connectivity index (χ1v) is 6.04. The predicted octanol–water partition coefficient (Wildman–Crippen LogP) is 4.95. The van der Waals surface area contributed by atoms with Gasteiger partial charge < -0.3 is 0 Å². The van der Waals surface area contributed by atoms with Crippen LogP contribution in [0.15, 0.2) is 60.7 Å². The maximum Gasteiger partial charge on any atom is 0.123 e. The summed E-state index contributed by atoms with van der Waals surface area (Å²) in [4.78, 5) is 0. The molecule has 0 saturated carbocycles. The van der Waals surface area contributed by atoms with Gasteiger partial charge in [-0.2, -0.15) is 12.6 Å². The molecule has 0 spiro atoms. The van der Waals surface area contributed by atoms with E-state index in [0.717, 1.165) is 5.56 Å². The Labute approximate surface area is 109 Å². The summed E-state index contributed by atoms with van der Waals surface area (Å²) in [5.74, 6) is 0.402. The highest BCUT2D eigenvalue weighted by Crippen LogP contribution is 2.04. The molecule has 0 fully saturated rings. The molecule has 0 aliphatic carbocycles. The first-order valence-electron chi connectivity index (χ1n) is 5.41. The SMILES string of the molecule is C=C/C=C\C(C)=C/C.Fc1cccc(CS)c1. The Hall–Kier alpha value is -1.28. The van der Waals surface area contributed by atoms with Crippen molar-refractivity contribution in [3.05, 3.63) is 72.1 Å². The van der Waals surface area contributed by atoms with Gasteiger partial charge in [0.25, 0.3) is 0 Å². The fraction of sp³-hybridized carbons (Fsp3) is 0.200. The fourth-order valence-corrected chi connectivity index (χ4v) is 1.15. The predicted molar refractivity (Wildman–Crippen MR) is 77.9 cm³/mol. The molecule has 1 rings (SSSR count). The van der Waals surface area contributed by atoms with Crippen LogP contribution in [0.25, 0.3) is 0 Å². The van der Waals surface area contributed by atoms with Crippen molar-refractivity contribution in [3.63, 3.8) is 0 Å². The molecule has 92 valence electrons. The van der Waals surface area contributed by atoms with Crippen LogP contribution in [0.5, 0.6) is 0 Å². The Morgan fingerprint density at radius 2 is 2.18 bits per heavy atom. The van der Waals surface area contributed by atoms with E-state index in [9.17, 15) is 4.39 Å². The van der Waals surface area contributed by atoms with Gasteiger partial charge in [0.2, 0.25) is 0 Å². The number of hydrogen-bond donors (Lipinski definition) is 1. The number of thiol groups is 1. The lowest BCUT2D eigenvalue weighted by Crippen LogP contribution is -1.77. The Balaban J connectivity index is 0.000000304. The third kappa shape index (κ3) is 8.52. The van der Waals surface area contributed by atoms with Crippen LogP contribution in [0.3, 0.4) is 0 Å². The molecule has 0 heterocycles. The fourth-order valence-electron chi connectivity index (χ4n) is 0.951. The molecule has 0 aliphatic rings. The van der Waals surface area contributed by atoms with Crippen LogP contribution in [0, 0.1) is 5.82 Å². The third-order valence-corrected chi connectivity index (χ3v) is 2.39. The molecule has 2 heteroatoms. The van der Waals surface area contributed by atoms with Gasteiger partial charge in [0, 0.05) is 5.75 Å². The van der Waals surface area contributed by atoms with Gasteiger partial charge in [-0.15, -0.1) is 0 Å². The van der Waals surface area contributed by atoms with Crippen molar-refractivity contribution >= 4 is 12.6 Å². The summed E-state index contributed by atoms with van der Waals surface area (Å²) < 4.78 is 12.3. The van der Waals surface area contributed by atoms with Gasteiger partial charge in [-0.1, -0.05) is 48.6 Å². The van der Waals surface area contributed by atoms with Crippen LogP contribution in [0.2, 0.25) is 0 Å². The van der Waals surface area contributed by atoms with E-state index in [0.29, 0.717) is 5.75 Å². The standard InChI is InChI=1S/C8H12.C7H7FS/c1-4-6-7-8(3)5-2;8-7-3-1-2-6(4-7)5-9/h4-7H,1H2,2-3H3;1-4,9H,5H2/b7-6-,8-5-;. The zero-order chi connectivity index (χ0) is 13.1. The lowest BCUT2D eigenvalue weighted by molar-refractivity contribution is 0.626. The molecule has 0 atom stereocenters. The summed E-state index contributed by atoms with van der Waals surface area (Å²) in [6, 6.07) is 6.43. The molecule has 1 aromatic carbocycles. The van der Waals surface area contributed by atoms with Crippen LogP contribution in [0.1, 0.15) is 19.4 Å². The quantitative estimate of drug-likeness (QED) is 0.569. The molecule has 0 aliphatic heterocycles. The first kappa shape index (κ1) is 15.7. The van der Waals surface area contributed by atoms with Crippen molar-refractivity contribution in [2.75, 3.05) is 0 Å². The van der Waals surface area contributed by atoms with Crippen molar-refractivity contribution in [1.29, 1.82) is 0 Å². The summed E-state index contributed by atoms with van der Waals surface area (Å²) in [6.45, 7) is 7.63. The van der Waals surface area contributed by atoms with Gasteiger partial charge in [-0.3, -0.25) is 0 Å². The van der Waals surface area contributed by atoms with Gasteiger partial charge in [-0.25, -0.2) is 4.39 Å². The highest BCUT2D eigenvalue weighted by Gasteiger charge is 1.89.